The fourth-order valence-electron chi connectivity index (χ4n) is 2.79. The molecule has 0 saturated carbocycles. The maximum absolute atomic E-state index is 12.4. The van der Waals surface area contributed by atoms with Crippen molar-refractivity contribution in [2.45, 2.75) is 13.0 Å². The third kappa shape index (κ3) is 7.11. The summed E-state index contributed by atoms with van der Waals surface area (Å²) in [5.41, 5.74) is 3.23. The molecular weight excluding hydrogens is 522 g/mol. The van der Waals surface area contributed by atoms with Gasteiger partial charge in [-0.05, 0) is 61.0 Å². The highest BCUT2D eigenvalue weighted by molar-refractivity contribution is 9.10. The zero-order chi connectivity index (χ0) is 25.4. The average Bonchev–Trinajstić information content (AvgIpc) is 2.85. The molecule has 3 aromatic rings. The molecule has 0 aliphatic rings. The lowest BCUT2D eigenvalue weighted by molar-refractivity contribution is -0.384. The number of hydrogen-bond donors (Lipinski definition) is 1. The number of nitrogens with zero attached hydrogens (tertiary/aromatic N) is 2. The first-order valence-corrected chi connectivity index (χ1v) is 11.0. The van der Waals surface area contributed by atoms with Gasteiger partial charge in [-0.25, -0.2) is 10.2 Å². The molecule has 3 rings (SSSR count). The Bertz CT molecular complexity index is 1260. The van der Waals surface area contributed by atoms with Crippen molar-refractivity contribution in [3.8, 4) is 17.2 Å². The van der Waals surface area contributed by atoms with Crippen LogP contribution in [-0.2, 0) is 4.79 Å². The predicted octanol–water partition coefficient (Wildman–Crippen LogP) is 4.50. The van der Waals surface area contributed by atoms with Crippen LogP contribution >= 0.6 is 15.9 Å². The molecule has 11 heteroatoms. The number of carbonyl (C=O) groups is 2. The van der Waals surface area contributed by atoms with E-state index in [-0.39, 0.29) is 11.4 Å². The summed E-state index contributed by atoms with van der Waals surface area (Å²) in [5.74, 6) is -0.228. The Labute approximate surface area is 208 Å². The van der Waals surface area contributed by atoms with Gasteiger partial charge in [0.2, 0.25) is 0 Å². The van der Waals surface area contributed by atoms with Crippen molar-refractivity contribution in [3.05, 3.63) is 92.4 Å². The Morgan fingerprint density at radius 1 is 1.09 bits per heavy atom. The summed E-state index contributed by atoms with van der Waals surface area (Å²) in [5, 5.41) is 14.6. The maximum Gasteiger partial charge on any atom is 0.343 e. The summed E-state index contributed by atoms with van der Waals surface area (Å²) in [7, 11) is 1.44. The molecule has 0 aliphatic carbocycles. The summed E-state index contributed by atoms with van der Waals surface area (Å²) < 4.78 is 17.0. The normalized spacial score (nSPS) is 11.5. The van der Waals surface area contributed by atoms with E-state index in [0.717, 1.165) is 4.47 Å². The summed E-state index contributed by atoms with van der Waals surface area (Å²) in [6.45, 7) is 1.52. The van der Waals surface area contributed by atoms with Crippen molar-refractivity contribution < 1.29 is 28.7 Å². The zero-order valence-electron chi connectivity index (χ0n) is 18.6. The molecule has 0 spiro atoms. The van der Waals surface area contributed by atoms with Gasteiger partial charge >= 0.3 is 5.97 Å². The van der Waals surface area contributed by atoms with Crippen LogP contribution in [0.1, 0.15) is 22.8 Å². The van der Waals surface area contributed by atoms with Crippen molar-refractivity contribution in [1.29, 1.82) is 0 Å². The molecular formula is C24H20BrN3O7. The first kappa shape index (κ1) is 25.4. The SMILES string of the molecule is COc1cc(/C=N\NC(=O)[C@@H](C)Oc2ccc([N+](=O)[O-])cc2)ccc1OC(=O)c1cccc(Br)c1. The van der Waals surface area contributed by atoms with E-state index < -0.39 is 22.9 Å². The molecule has 0 aliphatic heterocycles. The van der Waals surface area contributed by atoms with E-state index >= 15 is 0 Å². The van der Waals surface area contributed by atoms with E-state index in [1.807, 2.05) is 0 Å². The number of hydrazone groups is 1. The molecule has 1 amide bonds. The number of carbonyl (C=O) groups excluding carboxylic acids is 2. The van der Waals surface area contributed by atoms with Crippen molar-refractivity contribution in [1.82, 2.24) is 5.43 Å². The lowest BCUT2D eigenvalue weighted by atomic mass is 10.2. The fraction of sp³-hybridized carbons (Fsp3) is 0.125. The van der Waals surface area contributed by atoms with E-state index in [4.69, 9.17) is 14.2 Å². The summed E-state index contributed by atoms with van der Waals surface area (Å²) in [4.78, 5) is 34.8. The van der Waals surface area contributed by atoms with Gasteiger partial charge in [0, 0.05) is 16.6 Å². The molecule has 0 fully saturated rings. The van der Waals surface area contributed by atoms with E-state index in [1.54, 1.807) is 42.5 Å². The summed E-state index contributed by atoms with van der Waals surface area (Å²) in [6.07, 6.45) is 0.488. The van der Waals surface area contributed by atoms with Gasteiger partial charge in [-0.1, -0.05) is 22.0 Å². The Balaban J connectivity index is 1.58. The van der Waals surface area contributed by atoms with Crippen LogP contribution in [0.5, 0.6) is 17.2 Å². The number of rotatable bonds is 9. The minimum atomic E-state index is -0.900. The largest absolute Gasteiger partial charge is 0.493 e. The monoisotopic (exact) mass is 541 g/mol. The fourth-order valence-corrected chi connectivity index (χ4v) is 3.19. The number of halogens is 1. The molecule has 0 unspecified atom stereocenters. The zero-order valence-corrected chi connectivity index (χ0v) is 20.2. The minimum Gasteiger partial charge on any atom is -0.493 e. The minimum absolute atomic E-state index is 0.0802. The number of nitro groups is 1. The number of methoxy groups -OCH3 is 1. The number of nitro benzene ring substituents is 1. The van der Waals surface area contributed by atoms with Gasteiger partial charge in [-0.3, -0.25) is 14.9 Å². The van der Waals surface area contributed by atoms with Crippen LogP contribution in [0, 0.1) is 10.1 Å². The van der Waals surface area contributed by atoms with Gasteiger partial charge in [-0.2, -0.15) is 5.10 Å². The van der Waals surface area contributed by atoms with Crippen molar-refractivity contribution in [2.24, 2.45) is 5.10 Å². The number of benzene rings is 3. The molecule has 180 valence electrons. The Hall–Kier alpha value is -4.25. The highest BCUT2D eigenvalue weighted by Crippen LogP contribution is 2.28. The van der Waals surface area contributed by atoms with E-state index in [2.05, 4.69) is 26.5 Å². The van der Waals surface area contributed by atoms with Gasteiger partial charge in [0.05, 0.1) is 23.8 Å². The third-order valence-electron chi connectivity index (χ3n) is 4.57. The molecule has 10 nitrogen and oxygen atoms in total. The second kappa shape index (κ2) is 11.7. The van der Waals surface area contributed by atoms with Crippen LogP contribution in [0.25, 0.3) is 0 Å². The van der Waals surface area contributed by atoms with Gasteiger partial charge in [0.25, 0.3) is 11.6 Å². The lowest BCUT2D eigenvalue weighted by Gasteiger charge is -2.12. The third-order valence-corrected chi connectivity index (χ3v) is 5.06. The van der Waals surface area contributed by atoms with Crippen molar-refractivity contribution >= 4 is 39.7 Å². The molecule has 1 N–H and O–H groups in total. The first-order chi connectivity index (χ1) is 16.8. The van der Waals surface area contributed by atoms with E-state index in [1.165, 1.54) is 44.5 Å². The lowest BCUT2D eigenvalue weighted by Crippen LogP contribution is -2.33. The number of nitrogens with one attached hydrogen (secondary N) is 1. The number of non-ortho nitro benzene ring substituents is 1. The molecule has 1 atom stereocenters. The number of esters is 1. The molecule has 0 aromatic heterocycles. The summed E-state index contributed by atoms with van der Waals surface area (Å²) in [6, 6.07) is 17.0. The quantitative estimate of drug-likeness (QED) is 0.139. The summed E-state index contributed by atoms with van der Waals surface area (Å²) >= 11 is 3.31. The molecule has 35 heavy (non-hydrogen) atoms. The molecule has 3 aromatic carbocycles. The first-order valence-electron chi connectivity index (χ1n) is 10.2. The highest BCUT2D eigenvalue weighted by atomic mass is 79.9. The number of hydrogen-bond acceptors (Lipinski definition) is 8. The van der Waals surface area contributed by atoms with Gasteiger partial charge in [-0.15, -0.1) is 0 Å². The Kier molecular flexibility index (Phi) is 8.52. The maximum atomic E-state index is 12.4. The standard InChI is InChI=1S/C24H20BrN3O7/c1-15(34-20-9-7-19(8-10-20)28(31)32)23(29)27-26-14-16-6-11-21(22(12-16)33-2)35-24(30)17-4-3-5-18(25)13-17/h3-15H,1-2H3,(H,27,29)/b26-14-/t15-/m1/s1. The average molecular weight is 542 g/mol. The van der Waals surface area contributed by atoms with Crippen LogP contribution in [0.4, 0.5) is 5.69 Å². The van der Waals surface area contributed by atoms with Crippen LogP contribution in [0.3, 0.4) is 0 Å². The van der Waals surface area contributed by atoms with Crippen LogP contribution in [0.2, 0.25) is 0 Å². The van der Waals surface area contributed by atoms with Crippen LogP contribution in [0.15, 0.2) is 76.3 Å². The molecule has 0 saturated heterocycles. The van der Waals surface area contributed by atoms with E-state index in [9.17, 15) is 19.7 Å². The number of ether oxygens (including phenoxy) is 3. The Morgan fingerprint density at radius 2 is 1.83 bits per heavy atom. The van der Waals surface area contributed by atoms with Gasteiger partial charge in [0.1, 0.15) is 5.75 Å². The van der Waals surface area contributed by atoms with E-state index in [0.29, 0.717) is 22.6 Å². The number of amides is 1. The predicted molar refractivity (Wildman–Crippen MR) is 131 cm³/mol. The van der Waals surface area contributed by atoms with Crippen LogP contribution in [-0.4, -0.2) is 36.2 Å². The smallest absolute Gasteiger partial charge is 0.343 e. The second-order valence-electron chi connectivity index (χ2n) is 7.06. The van der Waals surface area contributed by atoms with Crippen LogP contribution < -0.4 is 19.6 Å². The highest BCUT2D eigenvalue weighted by Gasteiger charge is 2.15. The molecule has 0 radical (unpaired) electrons. The van der Waals surface area contributed by atoms with Gasteiger partial charge in [0.15, 0.2) is 17.6 Å². The second-order valence-corrected chi connectivity index (χ2v) is 7.97. The topological polar surface area (TPSA) is 129 Å². The molecule has 0 heterocycles. The van der Waals surface area contributed by atoms with Crippen molar-refractivity contribution in [3.63, 3.8) is 0 Å². The Morgan fingerprint density at radius 3 is 2.49 bits per heavy atom. The molecule has 0 bridgehead atoms. The van der Waals surface area contributed by atoms with Gasteiger partial charge < -0.3 is 14.2 Å². The van der Waals surface area contributed by atoms with Crippen molar-refractivity contribution in [2.75, 3.05) is 7.11 Å².